The zero-order chi connectivity index (χ0) is 7.91. The van der Waals surface area contributed by atoms with Gasteiger partial charge in [0.15, 0.2) is 0 Å². The molecule has 0 bridgehead atoms. The molecular weight excluding hydrogens is 158 g/mol. The highest BCUT2D eigenvalue weighted by molar-refractivity contribution is 7.79. The highest BCUT2D eigenvalue weighted by atomic mass is 32.3. The summed E-state index contributed by atoms with van der Waals surface area (Å²) in [4.78, 5) is 0. The minimum atomic E-state index is -4.67. The van der Waals surface area contributed by atoms with E-state index in [0.29, 0.717) is 0 Å². The van der Waals surface area contributed by atoms with Crippen molar-refractivity contribution < 1.29 is 26.3 Å². The molecule has 0 unspecified atom stereocenters. The molecule has 0 radical (unpaired) electrons. The second-order valence-corrected chi connectivity index (χ2v) is 1.60. The van der Waals surface area contributed by atoms with E-state index in [1.54, 1.807) is 0 Å². The van der Waals surface area contributed by atoms with Gasteiger partial charge in [-0.05, 0) is 0 Å². The molecule has 0 aliphatic carbocycles. The fourth-order valence-electron chi connectivity index (χ4n) is 0. The molecule has 0 aromatic rings. The minimum absolute atomic E-state index is 0.167. The first kappa shape index (κ1) is 11.3. The second-order valence-electron chi connectivity index (χ2n) is 0.700. The third kappa shape index (κ3) is 1010. The summed E-state index contributed by atoms with van der Waals surface area (Å²) in [5.74, 6) is 0. The predicted molar refractivity (Wildman–Crippen MR) is 25.5 cm³/mol. The Morgan fingerprint density at radius 2 is 1.22 bits per heavy atom. The average Bonchev–Trinajstić information content (AvgIpc) is 1.61. The molecule has 0 saturated carbocycles. The Kier molecular flexibility index (Phi) is 7.03. The first-order valence-electron chi connectivity index (χ1n) is 1.47. The van der Waals surface area contributed by atoms with Crippen LogP contribution in [0.3, 0.4) is 0 Å². The lowest BCUT2D eigenvalue weighted by Gasteiger charge is -1.68. The molecule has 0 spiro atoms. The molecule has 2 N–H and O–H groups in total. The molecule has 0 saturated heterocycles. The summed E-state index contributed by atoms with van der Waals surface area (Å²) >= 11 is 0. The van der Waals surface area contributed by atoms with Crippen LogP contribution in [0.1, 0.15) is 0 Å². The van der Waals surface area contributed by atoms with Crippen LogP contribution in [-0.2, 0) is 10.4 Å². The Hall–Kier alpha value is -0.530. The average molecular weight is 162 g/mol. The molecule has 0 atom stereocenters. The fourth-order valence-corrected chi connectivity index (χ4v) is 0. The SMILES string of the molecule is FC=CF.O=S(=O)(O)O. The van der Waals surface area contributed by atoms with E-state index in [9.17, 15) is 8.78 Å². The van der Waals surface area contributed by atoms with Gasteiger partial charge in [-0.3, -0.25) is 9.11 Å². The summed E-state index contributed by atoms with van der Waals surface area (Å²) in [5, 5.41) is 0. The molecule has 0 aliphatic heterocycles. The lowest BCUT2D eigenvalue weighted by Crippen LogP contribution is -1.89. The molecule has 9 heavy (non-hydrogen) atoms. The van der Waals surface area contributed by atoms with Crippen LogP contribution in [-0.4, -0.2) is 17.5 Å². The summed E-state index contributed by atoms with van der Waals surface area (Å²) < 4.78 is 51.9. The zero-order valence-corrected chi connectivity index (χ0v) is 4.85. The summed E-state index contributed by atoms with van der Waals surface area (Å²) in [5.41, 5.74) is 0. The van der Waals surface area contributed by atoms with Crippen molar-refractivity contribution in [1.29, 1.82) is 0 Å². The fraction of sp³-hybridized carbons (Fsp3) is 0. The summed E-state index contributed by atoms with van der Waals surface area (Å²) in [7, 11) is -4.67. The van der Waals surface area contributed by atoms with E-state index in [0.717, 1.165) is 0 Å². The van der Waals surface area contributed by atoms with Gasteiger partial charge in [0.05, 0.1) is 0 Å². The van der Waals surface area contributed by atoms with Crippen LogP contribution in [0.2, 0.25) is 0 Å². The zero-order valence-electron chi connectivity index (χ0n) is 4.03. The van der Waals surface area contributed by atoms with E-state index in [-0.39, 0.29) is 12.7 Å². The van der Waals surface area contributed by atoms with Gasteiger partial charge in [0.1, 0.15) is 12.7 Å². The van der Waals surface area contributed by atoms with Gasteiger partial charge < -0.3 is 0 Å². The van der Waals surface area contributed by atoms with Crippen molar-refractivity contribution in [3.63, 3.8) is 0 Å². The van der Waals surface area contributed by atoms with Crippen molar-refractivity contribution in [2.24, 2.45) is 0 Å². The first-order chi connectivity index (χ1) is 3.91. The summed E-state index contributed by atoms with van der Waals surface area (Å²) in [6, 6.07) is 0. The highest BCUT2D eigenvalue weighted by Gasteiger charge is 1.84. The van der Waals surface area contributed by atoms with Crippen molar-refractivity contribution in [2.75, 3.05) is 0 Å². The molecule has 0 fully saturated rings. The Morgan fingerprint density at radius 3 is 1.22 bits per heavy atom. The molecule has 0 heterocycles. The molecule has 0 aliphatic rings. The van der Waals surface area contributed by atoms with Gasteiger partial charge in [-0.1, -0.05) is 0 Å². The summed E-state index contributed by atoms with van der Waals surface area (Å²) in [6.07, 6.45) is -0.333. The van der Waals surface area contributed by atoms with E-state index in [1.807, 2.05) is 0 Å². The summed E-state index contributed by atoms with van der Waals surface area (Å²) in [6.45, 7) is 0. The van der Waals surface area contributed by atoms with Crippen LogP contribution in [0.5, 0.6) is 0 Å². The lowest BCUT2D eigenvalue weighted by molar-refractivity contribution is 0.381. The number of hydrogen-bond acceptors (Lipinski definition) is 2. The molecule has 56 valence electrons. The Morgan fingerprint density at radius 1 is 1.11 bits per heavy atom. The van der Waals surface area contributed by atoms with Gasteiger partial charge >= 0.3 is 10.4 Å². The Labute approximate surface area is 50.4 Å². The van der Waals surface area contributed by atoms with Crippen molar-refractivity contribution >= 4 is 10.4 Å². The van der Waals surface area contributed by atoms with Crippen LogP contribution in [0.15, 0.2) is 12.7 Å². The minimum Gasteiger partial charge on any atom is -0.264 e. The van der Waals surface area contributed by atoms with Crippen molar-refractivity contribution in [1.82, 2.24) is 0 Å². The second kappa shape index (κ2) is 5.60. The van der Waals surface area contributed by atoms with Crippen molar-refractivity contribution in [3.05, 3.63) is 12.7 Å². The van der Waals surface area contributed by atoms with E-state index in [4.69, 9.17) is 17.5 Å². The number of halogens is 2. The maximum absolute atomic E-state index is 10.2. The molecule has 7 heteroatoms. The monoisotopic (exact) mass is 162 g/mol. The normalized spacial score (nSPS) is 10.7. The largest absolute Gasteiger partial charge is 0.394 e. The van der Waals surface area contributed by atoms with Gasteiger partial charge in [-0.15, -0.1) is 0 Å². The standard InChI is InChI=1S/C2H2F2.H2O4S/c3-1-2-4;1-5(2,3)4/h1-2H;(H2,1,2,3,4). The third-order valence-electron chi connectivity index (χ3n) is 0.0476. The number of hydrogen-bond donors (Lipinski definition) is 2. The van der Waals surface area contributed by atoms with Gasteiger partial charge in [0.25, 0.3) is 0 Å². The van der Waals surface area contributed by atoms with Gasteiger partial charge in [0, 0.05) is 0 Å². The van der Waals surface area contributed by atoms with E-state index in [1.165, 1.54) is 0 Å². The quantitative estimate of drug-likeness (QED) is 0.515. The first-order valence-corrected chi connectivity index (χ1v) is 2.87. The molecule has 0 aromatic carbocycles. The topological polar surface area (TPSA) is 74.6 Å². The van der Waals surface area contributed by atoms with Crippen molar-refractivity contribution in [2.45, 2.75) is 0 Å². The Bertz CT molecular complexity index is 147. The van der Waals surface area contributed by atoms with E-state index < -0.39 is 10.4 Å². The lowest BCUT2D eigenvalue weighted by atomic mass is 11.2. The Balaban J connectivity index is 0. The predicted octanol–water partition coefficient (Wildman–Crippen LogP) is 0.744. The molecule has 4 nitrogen and oxygen atoms in total. The molecule has 0 rings (SSSR count). The molecule has 0 amide bonds. The van der Waals surface area contributed by atoms with Gasteiger partial charge in [-0.2, -0.15) is 8.42 Å². The number of rotatable bonds is 0. The van der Waals surface area contributed by atoms with Crippen molar-refractivity contribution in [3.8, 4) is 0 Å². The van der Waals surface area contributed by atoms with E-state index in [2.05, 4.69) is 0 Å². The van der Waals surface area contributed by atoms with Crippen LogP contribution in [0.25, 0.3) is 0 Å². The maximum atomic E-state index is 10.2. The maximum Gasteiger partial charge on any atom is 0.394 e. The molecule has 0 aromatic heterocycles. The van der Waals surface area contributed by atoms with Crippen LogP contribution in [0.4, 0.5) is 8.78 Å². The van der Waals surface area contributed by atoms with Crippen LogP contribution in [0, 0.1) is 0 Å². The van der Waals surface area contributed by atoms with Gasteiger partial charge in [-0.25, -0.2) is 8.78 Å². The van der Waals surface area contributed by atoms with E-state index >= 15 is 0 Å². The highest BCUT2D eigenvalue weighted by Crippen LogP contribution is 1.67. The third-order valence-corrected chi connectivity index (χ3v) is 0.0476. The molecular formula is C2H4F2O4S. The van der Waals surface area contributed by atoms with Crippen LogP contribution >= 0.6 is 0 Å². The van der Waals surface area contributed by atoms with Gasteiger partial charge in [0.2, 0.25) is 0 Å². The van der Waals surface area contributed by atoms with Crippen LogP contribution < -0.4 is 0 Å². The smallest absolute Gasteiger partial charge is 0.264 e.